The Labute approximate surface area is 174 Å². The zero-order chi connectivity index (χ0) is 20.6. The van der Waals surface area contributed by atoms with Gasteiger partial charge >= 0.3 is 0 Å². The van der Waals surface area contributed by atoms with Crippen LogP contribution in [0.15, 0.2) is 24.3 Å². The number of fused-ring (bicyclic) bond motifs is 1. The molecule has 0 bridgehead atoms. The molecule has 2 aliphatic rings. The average Bonchev–Trinajstić information content (AvgIpc) is 3.08. The molecule has 2 saturated heterocycles. The van der Waals surface area contributed by atoms with E-state index in [1.54, 1.807) is 7.05 Å². The van der Waals surface area contributed by atoms with Crippen LogP contribution in [-0.4, -0.2) is 71.6 Å². The normalized spacial score (nSPS) is 24.0. The van der Waals surface area contributed by atoms with Crippen molar-refractivity contribution in [2.24, 2.45) is 0 Å². The number of aliphatic hydroxyl groups is 1. The Morgan fingerprint density at radius 1 is 1.24 bits per heavy atom. The van der Waals surface area contributed by atoms with Gasteiger partial charge in [-0.05, 0) is 38.3 Å². The van der Waals surface area contributed by atoms with Crippen LogP contribution in [-0.2, 0) is 4.79 Å². The van der Waals surface area contributed by atoms with E-state index in [2.05, 4.69) is 10.2 Å². The third-order valence-corrected chi connectivity index (χ3v) is 7.25. The molecule has 7 nitrogen and oxygen atoms in total. The molecule has 156 valence electrons. The molecule has 3 heterocycles. The van der Waals surface area contributed by atoms with E-state index in [1.807, 2.05) is 29.2 Å². The summed E-state index contributed by atoms with van der Waals surface area (Å²) >= 11 is 1.46. The second kappa shape index (κ2) is 7.93. The Bertz CT molecular complexity index is 922. The van der Waals surface area contributed by atoms with Gasteiger partial charge in [-0.25, -0.2) is 0 Å². The molecule has 4 rings (SSSR count). The highest BCUT2D eigenvalue weighted by Crippen LogP contribution is 2.35. The fourth-order valence-corrected chi connectivity index (χ4v) is 5.64. The largest absolute Gasteiger partial charge is 0.390 e. The predicted octanol–water partition coefficient (Wildman–Crippen LogP) is 1.66. The van der Waals surface area contributed by atoms with Crippen LogP contribution < -0.4 is 11.1 Å². The van der Waals surface area contributed by atoms with Crippen LogP contribution in [0.2, 0.25) is 0 Å². The second-order valence-electron chi connectivity index (χ2n) is 8.05. The van der Waals surface area contributed by atoms with Gasteiger partial charge in [0.25, 0.3) is 11.8 Å². The lowest BCUT2D eigenvalue weighted by molar-refractivity contribution is -0.146. The molecule has 2 aliphatic heterocycles. The molecular formula is C21H28N4O3S. The summed E-state index contributed by atoms with van der Waals surface area (Å²) in [6, 6.07) is 8.10. The number of hydrogen-bond donors (Lipinski definition) is 3. The Kier molecular flexibility index (Phi) is 5.50. The third-order valence-electron chi connectivity index (χ3n) is 6.25. The summed E-state index contributed by atoms with van der Waals surface area (Å²) in [5.74, 6) is -0.312. The van der Waals surface area contributed by atoms with Crippen molar-refractivity contribution in [3.8, 4) is 0 Å². The standard InChI is InChI=1S/C21H28N4O3S/c1-23-20(27)21(28)9-4-10-25(13-21)14-7-11-24(12-8-14)19(26)17-15-5-2-3-6-16(15)29-18(17)22/h2-3,5-6,14,28H,4,7-13,22H2,1H3,(H,23,27). The van der Waals surface area contributed by atoms with Gasteiger partial charge in [0.1, 0.15) is 0 Å². The molecule has 1 atom stereocenters. The summed E-state index contributed by atoms with van der Waals surface area (Å²) < 4.78 is 1.03. The Balaban J connectivity index is 1.42. The Hall–Kier alpha value is -2.16. The zero-order valence-corrected chi connectivity index (χ0v) is 17.5. The number of carbonyl (C=O) groups is 2. The monoisotopic (exact) mass is 416 g/mol. The van der Waals surface area contributed by atoms with E-state index in [9.17, 15) is 14.7 Å². The number of carbonyl (C=O) groups excluding carboxylic acids is 2. The minimum Gasteiger partial charge on any atom is -0.390 e. The number of amides is 2. The molecule has 1 aromatic carbocycles. The number of hydrogen-bond acceptors (Lipinski definition) is 6. The summed E-state index contributed by atoms with van der Waals surface area (Å²) in [7, 11) is 1.56. The number of nitrogens with two attached hydrogens (primary N) is 1. The minimum atomic E-state index is -1.32. The van der Waals surface area contributed by atoms with Crippen molar-refractivity contribution in [2.75, 3.05) is 39.0 Å². The highest BCUT2D eigenvalue weighted by molar-refractivity contribution is 7.23. The van der Waals surface area contributed by atoms with Crippen LogP contribution in [0.3, 0.4) is 0 Å². The van der Waals surface area contributed by atoms with E-state index in [1.165, 1.54) is 11.3 Å². The lowest BCUT2D eigenvalue weighted by Gasteiger charge is -2.44. The summed E-state index contributed by atoms with van der Waals surface area (Å²) in [5.41, 5.74) is 5.48. The molecule has 0 saturated carbocycles. The molecule has 2 aromatic rings. The second-order valence-corrected chi connectivity index (χ2v) is 9.13. The van der Waals surface area contributed by atoms with Crippen molar-refractivity contribution >= 4 is 38.2 Å². The van der Waals surface area contributed by atoms with E-state index in [4.69, 9.17) is 5.73 Å². The van der Waals surface area contributed by atoms with Crippen LogP contribution >= 0.6 is 11.3 Å². The molecule has 1 unspecified atom stereocenters. The number of likely N-dealkylation sites (N-methyl/N-ethyl adjacent to an activating group) is 1. The molecule has 2 amide bonds. The molecule has 1 aromatic heterocycles. The number of piperidine rings is 2. The van der Waals surface area contributed by atoms with Crippen molar-refractivity contribution in [2.45, 2.75) is 37.3 Å². The summed E-state index contributed by atoms with van der Waals surface area (Å²) in [6.07, 6.45) is 2.95. The molecule has 2 fully saturated rings. The van der Waals surface area contributed by atoms with Crippen molar-refractivity contribution in [1.29, 1.82) is 0 Å². The zero-order valence-electron chi connectivity index (χ0n) is 16.7. The maximum atomic E-state index is 13.2. The Morgan fingerprint density at radius 2 is 1.97 bits per heavy atom. The number of nitrogens with zero attached hydrogens (tertiary/aromatic N) is 2. The number of likely N-dealkylation sites (tertiary alicyclic amines) is 2. The van der Waals surface area contributed by atoms with Crippen molar-refractivity contribution in [3.63, 3.8) is 0 Å². The summed E-state index contributed by atoms with van der Waals surface area (Å²) in [4.78, 5) is 29.3. The fraction of sp³-hybridized carbons (Fsp3) is 0.524. The molecular weight excluding hydrogens is 388 g/mol. The summed E-state index contributed by atoms with van der Waals surface area (Å²) in [5, 5.41) is 14.8. The van der Waals surface area contributed by atoms with Gasteiger partial charge in [-0.2, -0.15) is 0 Å². The molecule has 0 radical (unpaired) electrons. The van der Waals surface area contributed by atoms with Gasteiger partial charge < -0.3 is 21.1 Å². The highest BCUT2D eigenvalue weighted by Gasteiger charge is 2.42. The molecule has 0 aliphatic carbocycles. The smallest absolute Gasteiger partial charge is 0.257 e. The van der Waals surface area contributed by atoms with E-state index in [0.717, 1.165) is 35.9 Å². The first-order valence-corrected chi connectivity index (χ1v) is 11.0. The molecule has 0 spiro atoms. The lowest BCUT2D eigenvalue weighted by Crippen LogP contribution is -2.59. The first-order chi connectivity index (χ1) is 13.9. The average molecular weight is 417 g/mol. The van der Waals surface area contributed by atoms with Gasteiger partial charge in [0.05, 0.1) is 10.6 Å². The van der Waals surface area contributed by atoms with Crippen LogP contribution in [0.25, 0.3) is 10.1 Å². The van der Waals surface area contributed by atoms with E-state index in [-0.39, 0.29) is 17.9 Å². The van der Waals surface area contributed by atoms with Gasteiger partial charge in [-0.3, -0.25) is 14.5 Å². The number of nitrogens with one attached hydrogen (secondary N) is 1. The quantitative estimate of drug-likeness (QED) is 0.707. The van der Waals surface area contributed by atoms with Crippen molar-refractivity contribution < 1.29 is 14.7 Å². The van der Waals surface area contributed by atoms with Crippen LogP contribution in [0.4, 0.5) is 5.00 Å². The Morgan fingerprint density at radius 3 is 2.69 bits per heavy atom. The third kappa shape index (κ3) is 3.72. The van der Waals surface area contributed by atoms with Crippen LogP contribution in [0.5, 0.6) is 0 Å². The van der Waals surface area contributed by atoms with E-state index in [0.29, 0.717) is 36.6 Å². The number of nitrogen functional groups attached to an aromatic ring is 1. The molecule has 8 heteroatoms. The number of rotatable bonds is 3. The number of β-amino-alcohol motifs (C(OH)–C–C–N with tert-alkyl or cyclic N) is 1. The van der Waals surface area contributed by atoms with Gasteiger partial charge in [-0.1, -0.05) is 18.2 Å². The predicted molar refractivity (Wildman–Crippen MR) is 115 cm³/mol. The van der Waals surface area contributed by atoms with Gasteiger partial charge in [0, 0.05) is 42.8 Å². The molecule has 29 heavy (non-hydrogen) atoms. The maximum Gasteiger partial charge on any atom is 0.257 e. The number of benzene rings is 1. The maximum absolute atomic E-state index is 13.2. The van der Waals surface area contributed by atoms with Gasteiger partial charge in [0.2, 0.25) is 0 Å². The van der Waals surface area contributed by atoms with Crippen molar-refractivity contribution in [1.82, 2.24) is 15.1 Å². The van der Waals surface area contributed by atoms with Crippen molar-refractivity contribution in [3.05, 3.63) is 29.8 Å². The van der Waals surface area contributed by atoms with Crippen LogP contribution in [0, 0.1) is 0 Å². The van der Waals surface area contributed by atoms with E-state index >= 15 is 0 Å². The van der Waals surface area contributed by atoms with E-state index < -0.39 is 5.60 Å². The SMILES string of the molecule is CNC(=O)C1(O)CCCN(C2CCN(C(=O)c3c(N)sc4ccccc34)CC2)C1. The first kappa shape index (κ1) is 20.1. The van der Waals surface area contributed by atoms with Gasteiger partial charge in [0.15, 0.2) is 5.60 Å². The number of anilines is 1. The fourth-order valence-electron chi connectivity index (χ4n) is 4.68. The van der Waals surface area contributed by atoms with Gasteiger partial charge in [-0.15, -0.1) is 11.3 Å². The molecule has 4 N–H and O–H groups in total. The summed E-state index contributed by atoms with van der Waals surface area (Å²) in [6.45, 7) is 2.54. The van der Waals surface area contributed by atoms with Crippen LogP contribution in [0.1, 0.15) is 36.0 Å². The topological polar surface area (TPSA) is 98.9 Å². The highest BCUT2D eigenvalue weighted by atomic mass is 32.1. The first-order valence-electron chi connectivity index (χ1n) is 10.2. The minimum absolute atomic E-state index is 0.00101. The lowest BCUT2D eigenvalue weighted by atomic mass is 9.89. The number of thiophene rings is 1.